The summed E-state index contributed by atoms with van der Waals surface area (Å²) in [6, 6.07) is 31.3. The molecule has 0 N–H and O–H groups in total. The highest BCUT2D eigenvalue weighted by atomic mass is 14.6. The molecule has 3 aromatic carbocycles. The van der Waals surface area contributed by atoms with Gasteiger partial charge in [0.2, 0.25) is 0 Å². The van der Waals surface area contributed by atoms with Crippen molar-refractivity contribution in [2.24, 2.45) is 53.3 Å². The van der Waals surface area contributed by atoms with E-state index in [1.807, 2.05) is 0 Å². The van der Waals surface area contributed by atoms with Crippen molar-refractivity contribution < 1.29 is 0 Å². The molecule has 12 saturated carbocycles. The lowest BCUT2D eigenvalue weighted by atomic mass is 9.48. The van der Waals surface area contributed by atoms with Gasteiger partial charge in [0.25, 0.3) is 0 Å². The fraction of sp³-hybridized carbons (Fsp3) is 0.633. The van der Waals surface area contributed by atoms with Crippen LogP contribution in [0.25, 0.3) is 0 Å². The van der Waals surface area contributed by atoms with Crippen LogP contribution in [0.15, 0.2) is 78.9 Å². The minimum absolute atomic E-state index is 0.535. The van der Waals surface area contributed by atoms with Gasteiger partial charge in [-0.05, 0) is 219 Å². The van der Waals surface area contributed by atoms with Crippen molar-refractivity contribution in [3.8, 4) is 0 Å². The summed E-state index contributed by atoms with van der Waals surface area (Å²) in [4.78, 5) is 0. The molecule has 256 valence electrons. The van der Waals surface area contributed by atoms with E-state index in [0.717, 1.165) is 59.7 Å². The molecule has 0 heterocycles. The molecule has 49 heavy (non-hydrogen) atoms. The first-order chi connectivity index (χ1) is 24.0. The molecule has 12 bridgehead atoms. The minimum atomic E-state index is 0.535. The first-order valence-corrected chi connectivity index (χ1v) is 21.2. The van der Waals surface area contributed by atoms with Crippen LogP contribution in [0.5, 0.6) is 0 Å². The molecule has 12 aliphatic rings. The van der Waals surface area contributed by atoms with E-state index in [-0.39, 0.29) is 0 Å². The normalized spacial score (nSPS) is 44.6. The largest absolute Gasteiger partial charge is 0.0622 e. The Labute approximate surface area is 297 Å². The predicted octanol–water partition coefficient (Wildman–Crippen LogP) is 12.4. The predicted molar refractivity (Wildman–Crippen MR) is 202 cm³/mol. The van der Waals surface area contributed by atoms with Gasteiger partial charge in [-0.15, -0.1) is 0 Å². The number of hydrogen-bond acceptors (Lipinski definition) is 0. The number of rotatable bonds is 5. The summed E-state index contributed by atoms with van der Waals surface area (Å²) < 4.78 is 0. The van der Waals surface area contributed by atoms with Gasteiger partial charge in [0.05, 0.1) is 0 Å². The summed E-state index contributed by atoms with van der Waals surface area (Å²) in [5.74, 6) is 9.37. The maximum Gasteiger partial charge on any atom is -0.00258 e. The summed E-state index contributed by atoms with van der Waals surface area (Å²) in [7, 11) is 0. The SMILES string of the molecule is c1cc(C23CC4CC(CC(C4)C2)C3)ccc1Cc1ccc(C23CC4CC(CC(C4)C2)C3)cc1.c1ccc(C23CC4CC(CC(C4)C2)C3)cc1. The van der Waals surface area contributed by atoms with Gasteiger partial charge in [-0.3, -0.25) is 0 Å². The molecule has 0 amide bonds. The van der Waals surface area contributed by atoms with Crippen LogP contribution in [0.3, 0.4) is 0 Å². The summed E-state index contributed by atoms with van der Waals surface area (Å²) in [5.41, 5.74) is 9.63. The lowest BCUT2D eigenvalue weighted by molar-refractivity contribution is -0.00531. The summed E-state index contributed by atoms with van der Waals surface area (Å²) >= 11 is 0. The molecule has 15 rings (SSSR count). The Hall–Kier alpha value is -2.34. The Morgan fingerprint density at radius 2 is 0.551 bits per heavy atom. The van der Waals surface area contributed by atoms with Crippen LogP contribution in [0.1, 0.15) is 143 Å². The standard InChI is InChI=1S/C33H40.C16H20/c1-5-30(32-16-24-10-25(17-32)12-26(11-24)18-32)6-2-22(1)9-23-3-7-31(8-4-23)33-19-27-13-28(20-33)15-29(14-27)21-33;1-2-4-15(5-3-1)16-9-12-6-13(10-16)8-14(7-12)11-16/h1-8,24-29H,9-21H2;1-5,12-14H,6-11H2. The van der Waals surface area contributed by atoms with E-state index in [1.54, 1.807) is 36.0 Å². The quantitative estimate of drug-likeness (QED) is 0.258. The first-order valence-electron chi connectivity index (χ1n) is 21.2. The van der Waals surface area contributed by atoms with Crippen LogP contribution in [-0.2, 0) is 22.7 Å². The molecule has 0 atom stereocenters. The van der Waals surface area contributed by atoms with E-state index >= 15 is 0 Å². The van der Waals surface area contributed by atoms with E-state index in [9.17, 15) is 0 Å². The lowest BCUT2D eigenvalue weighted by Crippen LogP contribution is -2.48. The van der Waals surface area contributed by atoms with Gasteiger partial charge in [0.15, 0.2) is 0 Å². The van der Waals surface area contributed by atoms with E-state index in [0.29, 0.717) is 16.2 Å². The van der Waals surface area contributed by atoms with E-state index in [1.165, 1.54) is 107 Å². The Kier molecular flexibility index (Phi) is 7.01. The molecule has 3 aromatic rings. The zero-order chi connectivity index (χ0) is 32.2. The third kappa shape index (κ3) is 5.26. The second-order valence-corrected chi connectivity index (χ2v) is 20.5. The molecule has 0 aromatic heterocycles. The van der Waals surface area contributed by atoms with Crippen LogP contribution < -0.4 is 0 Å². The van der Waals surface area contributed by atoms with Crippen molar-refractivity contribution in [1.82, 2.24) is 0 Å². The van der Waals surface area contributed by atoms with Gasteiger partial charge in [0.1, 0.15) is 0 Å². The monoisotopic (exact) mass is 648 g/mol. The Morgan fingerprint density at radius 1 is 0.306 bits per heavy atom. The molecule has 0 unspecified atom stereocenters. The van der Waals surface area contributed by atoms with Gasteiger partial charge >= 0.3 is 0 Å². The van der Waals surface area contributed by atoms with Crippen LogP contribution in [0.4, 0.5) is 0 Å². The highest BCUT2D eigenvalue weighted by Gasteiger charge is 2.53. The average Bonchev–Trinajstić information content (AvgIpc) is 3.08. The fourth-order valence-corrected chi connectivity index (χ4v) is 16.4. The number of benzene rings is 3. The Balaban J connectivity index is 0.000000151. The molecule has 0 spiro atoms. The zero-order valence-corrected chi connectivity index (χ0v) is 30.1. The molecule has 0 aliphatic heterocycles. The van der Waals surface area contributed by atoms with Gasteiger partial charge in [-0.2, -0.15) is 0 Å². The lowest BCUT2D eigenvalue weighted by Gasteiger charge is -2.57. The van der Waals surface area contributed by atoms with Crippen molar-refractivity contribution in [2.45, 2.75) is 138 Å². The summed E-state index contributed by atoms with van der Waals surface area (Å²) in [5, 5.41) is 0. The fourth-order valence-electron chi connectivity index (χ4n) is 16.4. The topological polar surface area (TPSA) is 0 Å². The van der Waals surface area contributed by atoms with Crippen LogP contribution >= 0.6 is 0 Å². The molecule has 0 heteroatoms. The third-order valence-corrected chi connectivity index (χ3v) is 17.0. The van der Waals surface area contributed by atoms with E-state index in [4.69, 9.17) is 0 Å². The third-order valence-electron chi connectivity index (χ3n) is 17.0. The molecule has 12 aliphatic carbocycles. The van der Waals surface area contributed by atoms with Crippen molar-refractivity contribution >= 4 is 0 Å². The van der Waals surface area contributed by atoms with Crippen molar-refractivity contribution in [3.63, 3.8) is 0 Å². The molecular formula is C49H60. The van der Waals surface area contributed by atoms with Gasteiger partial charge in [-0.25, -0.2) is 0 Å². The second kappa shape index (κ2) is 11.3. The molecule has 0 saturated heterocycles. The first kappa shape index (κ1) is 30.3. The van der Waals surface area contributed by atoms with Crippen LogP contribution in [0, 0.1) is 53.3 Å². The molecular weight excluding hydrogens is 589 g/mol. The molecule has 0 nitrogen and oxygen atoms in total. The highest BCUT2D eigenvalue weighted by molar-refractivity contribution is 5.37. The highest BCUT2D eigenvalue weighted by Crippen LogP contribution is 2.63. The number of hydrogen-bond donors (Lipinski definition) is 0. The second-order valence-electron chi connectivity index (χ2n) is 20.5. The molecule has 12 fully saturated rings. The Morgan fingerprint density at radius 3 is 0.816 bits per heavy atom. The summed E-state index contributed by atoms with van der Waals surface area (Å²) in [6.45, 7) is 0. The van der Waals surface area contributed by atoms with E-state index < -0.39 is 0 Å². The average molecular weight is 649 g/mol. The maximum atomic E-state index is 2.52. The van der Waals surface area contributed by atoms with Crippen LogP contribution in [0.2, 0.25) is 0 Å². The van der Waals surface area contributed by atoms with Gasteiger partial charge < -0.3 is 0 Å². The summed E-state index contributed by atoms with van der Waals surface area (Å²) in [6.07, 6.45) is 28.3. The molecule has 0 radical (unpaired) electrons. The minimum Gasteiger partial charge on any atom is -0.0622 e. The van der Waals surface area contributed by atoms with E-state index in [2.05, 4.69) is 78.9 Å². The van der Waals surface area contributed by atoms with Crippen LogP contribution in [-0.4, -0.2) is 0 Å². The Bertz CT molecular complexity index is 1460. The maximum absolute atomic E-state index is 2.52. The van der Waals surface area contributed by atoms with Gasteiger partial charge in [-0.1, -0.05) is 78.9 Å². The van der Waals surface area contributed by atoms with Crippen molar-refractivity contribution in [2.75, 3.05) is 0 Å². The van der Waals surface area contributed by atoms with Crippen molar-refractivity contribution in [3.05, 3.63) is 107 Å². The van der Waals surface area contributed by atoms with Gasteiger partial charge in [0, 0.05) is 0 Å². The van der Waals surface area contributed by atoms with Crippen molar-refractivity contribution in [1.29, 1.82) is 0 Å². The zero-order valence-electron chi connectivity index (χ0n) is 30.1. The smallest absolute Gasteiger partial charge is 0.00258 e.